The van der Waals surface area contributed by atoms with Gasteiger partial charge in [-0.3, -0.25) is 0 Å². The summed E-state index contributed by atoms with van der Waals surface area (Å²) >= 11 is 3.41. The fourth-order valence-electron chi connectivity index (χ4n) is 1.67. The molecule has 2 heterocycles. The van der Waals surface area contributed by atoms with Gasteiger partial charge in [-0.15, -0.1) is 22.7 Å². The second-order valence-corrected chi connectivity index (χ2v) is 5.73. The van der Waals surface area contributed by atoms with Crippen molar-refractivity contribution in [3.63, 3.8) is 0 Å². The van der Waals surface area contributed by atoms with E-state index in [9.17, 15) is 0 Å². The molecule has 18 heavy (non-hydrogen) atoms. The van der Waals surface area contributed by atoms with Gasteiger partial charge in [0.2, 0.25) is 0 Å². The summed E-state index contributed by atoms with van der Waals surface area (Å²) in [5.74, 6) is 0. The number of anilines is 1. The van der Waals surface area contributed by atoms with Crippen LogP contribution in [0.25, 0.3) is 11.3 Å². The molecular formula is C14H12N2S2. The fraction of sp³-hybridized carbons (Fsp3) is 0.0714. The number of hydrogen-bond acceptors (Lipinski definition) is 4. The van der Waals surface area contributed by atoms with Crippen LogP contribution >= 0.6 is 22.7 Å². The van der Waals surface area contributed by atoms with Gasteiger partial charge in [0.25, 0.3) is 0 Å². The first kappa shape index (κ1) is 11.4. The molecule has 0 fully saturated rings. The van der Waals surface area contributed by atoms with Crippen molar-refractivity contribution in [1.82, 2.24) is 4.98 Å². The lowest BCUT2D eigenvalue weighted by Crippen LogP contribution is -1.96. The maximum absolute atomic E-state index is 4.59. The number of aromatic nitrogens is 1. The van der Waals surface area contributed by atoms with Crippen LogP contribution in [0.1, 0.15) is 4.88 Å². The molecule has 0 aliphatic rings. The van der Waals surface area contributed by atoms with E-state index in [1.165, 1.54) is 4.88 Å². The second-order valence-electron chi connectivity index (χ2n) is 3.84. The van der Waals surface area contributed by atoms with Crippen molar-refractivity contribution in [3.05, 3.63) is 58.1 Å². The van der Waals surface area contributed by atoms with Gasteiger partial charge >= 0.3 is 0 Å². The monoisotopic (exact) mass is 272 g/mol. The Morgan fingerprint density at radius 1 is 1.00 bits per heavy atom. The number of benzene rings is 1. The van der Waals surface area contributed by atoms with E-state index >= 15 is 0 Å². The fourth-order valence-corrected chi connectivity index (χ4v) is 3.04. The minimum Gasteiger partial charge on any atom is -0.357 e. The maximum atomic E-state index is 4.59. The van der Waals surface area contributed by atoms with Gasteiger partial charge in [0.15, 0.2) is 5.13 Å². The predicted octanol–water partition coefficient (Wildman–Crippen LogP) is 4.48. The lowest BCUT2D eigenvalue weighted by molar-refractivity contribution is 1.17. The summed E-state index contributed by atoms with van der Waals surface area (Å²) in [6.07, 6.45) is 0. The molecule has 3 aromatic rings. The van der Waals surface area contributed by atoms with E-state index in [1.54, 1.807) is 22.7 Å². The number of rotatable bonds is 4. The van der Waals surface area contributed by atoms with Crippen LogP contribution in [0, 0.1) is 0 Å². The first-order valence-corrected chi connectivity index (χ1v) is 7.45. The van der Waals surface area contributed by atoms with E-state index in [0.717, 1.165) is 22.9 Å². The Hall–Kier alpha value is -1.65. The Labute approximate surface area is 114 Å². The first-order chi connectivity index (χ1) is 8.92. The van der Waals surface area contributed by atoms with Crippen LogP contribution in [-0.4, -0.2) is 4.98 Å². The minimum absolute atomic E-state index is 0.847. The molecule has 0 saturated carbocycles. The summed E-state index contributed by atoms with van der Waals surface area (Å²) in [6.45, 7) is 0.847. The molecule has 0 unspecified atom stereocenters. The summed E-state index contributed by atoms with van der Waals surface area (Å²) in [4.78, 5) is 5.92. The van der Waals surface area contributed by atoms with Crippen LogP contribution in [0.15, 0.2) is 53.2 Å². The van der Waals surface area contributed by atoms with Crippen molar-refractivity contribution in [2.75, 3.05) is 5.32 Å². The standard InChI is InChI=1S/C14H12N2S2/c1-2-5-11(6-3-1)13-10-18-14(16-13)15-9-12-7-4-8-17-12/h1-8,10H,9H2,(H,15,16). The average Bonchev–Trinajstić information content (AvgIpc) is 3.09. The Morgan fingerprint density at radius 3 is 2.67 bits per heavy atom. The van der Waals surface area contributed by atoms with Crippen molar-refractivity contribution >= 4 is 27.8 Å². The molecule has 0 atom stereocenters. The highest BCUT2D eigenvalue weighted by atomic mass is 32.1. The zero-order valence-electron chi connectivity index (χ0n) is 9.67. The summed E-state index contributed by atoms with van der Waals surface area (Å²) in [7, 11) is 0. The normalized spacial score (nSPS) is 10.4. The van der Waals surface area contributed by atoms with Crippen LogP contribution in [0.2, 0.25) is 0 Å². The molecule has 0 saturated heterocycles. The number of thiophene rings is 1. The highest BCUT2D eigenvalue weighted by Gasteiger charge is 2.03. The maximum Gasteiger partial charge on any atom is 0.183 e. The number of thiazole rings is 1. The number of nitrogens with one attached hydrogen (secondary N) is 1. The van der Waals surface area contributed by atoms with Gasteiger partial charge < -0.3 is 5.32 Å². The molecule has 1 aromatic carbocycles. The summed E-state index contributed by atoms with van der Waals surface area (Å²) in [6, 6.07) is 14.4. The molecule has 0 aliphatic carbocycles. The molecule has 0 spiro atoms. The second kappa shape index (κ2) is 5.33. The third kappa shape index (κ3) is 2.60. The Balaban J connectivity index is 1.70. The topological polar surface area (TPSA) is 24.9 Å². The van der Waals surface area contributed by atoms with Gasteiger partial charge in [-0.05, 0) is 11.4 Å². The van der Waals surface area contributed by atoms with Crippen molar-refractivity contribution < 1.29 is 0 Å². The van der Waals surface area contributed by atoms with E-state index in [1.807, 2.05) is 18.2 Å². The summed E-state index contributed by atoms with van der Waals surface area (Å²) < 4.78 is 0. The number of hydrogen-bond donors (Lipinski definition) is 1. The quantitative estimate of drug-likeness (QED) is 0.757. The minimum atomic E-state index is 0.847. The highest BCUT2D eigenvalue weighted by molar-refractivity contribution is 7.14. The van der Waals surface area contributed by atoms with Crippen molar-refractivity contribution in [3.8, 4) is 11.3 Å². The van der Waals surface area contributed by atoms with E-state index in [0.29, 0.717) is 0 Å². The third-order valence-corrected chi connectivity index (χ3v) is 4.24. The van der Waals surface area contributed by atoms with Gasteiger partial charge in [-0.25, -0.2) is 4.98 Å². The Morgan fingerprint density at radius 2 is 1.89 bits per heavy atom. The van der Waals surface area contributed by atoms with Crippen LogP contribution in [0.5, 0.6) is 0 Å². The van der Waals surface area contributed by atoms with Crippen LogP contribution in [0.4, 0.5) is 5.13 Å². The average molecular weight is 272 g/mol. The van der Waals surface area contributed by atoms with Crippen molar-refractivity contribution in [2.24, 2.45) is 0 Å². The summed E-state index contributed by atoms with van der Waals surface area (Å²) in [5.41, 5.74) is 2.20. The third-order valence-electron chi connectivity index (χ3n) is 2.57. The molecule has 2 nitrogen and oxygen atoms in total. The van der Waals surface area contributed by atoms with Gasteiger partial charge in [-0.2, -0.15) is 0 Å². The molecule has 2 aromatic heterocycles. The van der Waals surface area contributed by atoms with Crippen LogP contribution < -0.4 is 5.32 Å². The van der Waals surface area contributed by atoms with Crippen molar-refractivity contribution in [1.29, 1.82) is 0 Å². The zero-order valence-corrected chi connectivity index (χ0v) is 11.3. The Bertz CT molecular complexity index is 600. The van der Waals surface area contributed by atoms with Gasteiger partial charge in [-0.1, -0.05) is 36.4 Å². The molecular weight excluding hydrogens is 260 g/mol. The molecule has 0 aliphatic heterocycles. The van der Waals surface area contributed by atoms with Gasteiger partial charge in [0.1, 0.15) is 0 Å². The number of nitrogens with zero attached hydrogens (tertiary/aromatic N) is 1. The van der Waals surface area contributed by atoms with Crippen LogP contribution in [0.3, 0.4) is 0 Å². The molecule has 4 heteroatoms. The highest BCUT2D eigenvalue weighted by Crippen LogP contribution is 2.25. The van der Waals surface area contributed by atoms with Crippen molar-refractivity contribution in [2.45, 2.75) is 6.54 Å². The van der Waals surface area contributed by atoms with E-state index < -0.39 is 0 Å². The Kier molecular flexibility index (Phi) is 3.39. The van der Waals surface area contributed by atoms with Crippen LogP contribution in [-0.2, 0) is 6.54 Å². The SMILES string of the molecule is c1ccc(-c2csc(NCc3cccs3)n2)cc1. The molecule has 90 valence electrons. The largest absolute Gasteiger partial charge is 0.357 e. The summed E-state index contributed by atoms with van der Waals surface area (Å²) in [5, 5.41) is 8.51. The van der Waals surface area contributed by atoms with E-state index in [4.69, 9.17) is 0 Å². The van der Waals surface area contributed by atoms with Gasteiger partial charge in [0, 0.05) is 15.8 Å². The molecule has 3 rings (SSSR count). The van der Waals surface area contributed by atoms with E-state index in [2.05, 4.69) is 45.3 Å². The lowest BCUT2D eigenvalue weighted by Gasteiger charge is -1.99. The first-order valence-electron chi connectivity index (χ1n) is 5.69. The zero-order chi connectivity index (χ0) is 12.2. The lowest BCUT2D eigenvalue weighted by atomic mass is 10.2. The molecule has 0 bridgehead atoms. The smallest absolute Gasteiger partial charge is 0.183 e. The molecule has 0 radical (unpaired) electrons. The predicted molar refractivity (Wildman–Crippen MR) is 79.2 cm³/mol. The van der Waals surface area contributed by atoms with Gasteiger partial charge in [0.05, 0.1) is 12.2 Å². The van der Waals surface area contributed by atoms with E-state index in [-0.39, 0.29) is 0 Å². The molecule has 1 N–H and O–H groups in total. The molecule has 0 amide bonds.